The molecule has 8 heteroatoms. The number of amides is 1. The van der Waals surface area contributed by atoms with Crippen molar-refractivity contribution in [3.63, 3.8) is 0 Å². The third-order valence-electron chi connectivity index (χ3n) is 6.31. The van der Waals surface area contributed by atoms with Crippen LogP contribution in [-0.2, 0) is 10.0 Å². The van der Waals surface area contributed by atoms with Crippen LogP contribution in [0.3, 0.4) is 0 Å². The zero-order valence-corrected chi connectivity index (χ0v) is 20.8. The molecule has 0 spiro atoms. The Balaban J connectivity index is 1.53. The smallest absolute Gasteiger partial charge is 0.262 e. The molecule has 0 saturated carbocycles. The van der Waals surface area contributed by atoms with Crippen molar-refractivity contribution in [3.05, 3.63) is 89.5 Å². The normalized spacial score (nSPS) is 14.9. The van der Waals surface area contributed by atoms with E-state index in [2.05, 4.69) is 27.1 Å². The summed E-state index contributed by atoms with van der Waals surface area (Å²) in [6.45, 7) is 4.14. The number of nitrogens with one attached hydrogen (secondary N) is 2. The van der Waals surface area contributed by atoms with E-state index in [9.17, 15) is 13.2 Å². The van der Waals surface area contributed by atoms with E-state index in [0.717, 1.165) is 31.5 Å². The van der Waals surface area contributed by atoms with Crippen LogP contribution >= 0.6 is 0 Å². The summed E-state index contributed by atoms with van der Waals surface area (Å²) in [7, 11) is -2.46. The maximum absolute atomic E-state index is 13.2. The molecule has 3 aromatic carbocycles. The van der Waals surface area contributed by atoms with Crippen molar-refractivity contribution in [1.82, 2.24) is 10.2 Å². The molecule has 4 rings (SSSR count). The van der Waals surface area contributed by atoms with Crippen molar-refractivity contribution in [3.8, 4) is 5.75 Å². The Hall–Kier alpha value is -3.36. The molecule has 1 aliphatic rings. The number of rotatable bonds is 9. The largest absolute Gasteiger partial charge is 0.495 e. The molecule has 0 aliphatic carbocycles. The lowest BCUT2D eigenvalue weighted by molar-refractivity contribution is 0.0937. The molecule has 0 bridgehead atoms. The number of anilines is 1. The zero-order valence-electron chi connectivity index (χ0n) is 20.0. The van der Waals surface area contributed by atoms with E-state index < -0.39 is 10.0 Å². The third kappa shape index (κ3) is 5.83. The van der Waals surface area contributed by atoms with Crippen molar-refractivity contribution < 1.29 is 17.9 Å². The molecule has 184 valence electrons. The van der Waals surface area contributed by atoms with Crippen molar-refractivity contribution in [2.45, 2.75) is 30.7 Å². The molecule has 0 aromatic heterocycles. The number of carbonyl (C=O) groups excluding carboxylic acids is 1. The average Bonchev–Trinajstić information content (AvgIpc) is 3.39. The first-order valence-electron chi connectivity index (χ1n) is 11.7. The molecule has 1 aliphatic heterocycles. The SMILES string of the molecule is COc1ccccc1NS(=O)(=O)c1cc(C(=O)NCC(c2ccccc2)N2CCCC2)ccc1C. The second-order valence-corrected chi connectivity index (χ2v) is 10.3. The number of likely N-dealkylation sites (tertiary alicyclic amines) is 1. The van der Waals surface area contributed by atoms with Crippen LogP contribution in [-0.4, -0.2) is 46.0 Å². The summed E-state index contributed by atoms with van der Waals surface area (Å²) in [4.78, 5) is 15.5. The van der Waals surface area contributed by atoms with Crippen LogP contribution in [0.2, 0.25) is 0 Å². The van der Waals surface area contributed by atoms with E-state index in [0.29, 0.717) is 29.1 Å². The minimum absolute atomic E-state index is 0.0511. The molecule has 2 N–H and O–H groups in total. The first-order valence-corrected chi connectivity index (χ1v) is 13.2. The number of sulfonamides is 1. The second kappa shape index (κ2) is 10.9. The number of hydrogen-bond acceptors (Lipinski definition) is 5. The lowest BCUT2D eigenvalue weighted by atomic mass is 10.1. The van der Waals surface area contributed by atoms with Gasteiger partial charge in [0.25, 0.3) is 15.9 Å². The maximum Gasteiger partial charge on any atom is 0.262 e. The van der Waals surface area contributed by atoms with E-state index in [4.69, 9.17) is 4.74 Å². The summed E-state index contributed by atoms with van der Waals surface area (Å²) in [5, 5.41) is 3.02. The van der Waals surface area contributed by atoms with Crippen LogP contribution in [0.4, 0.5) is 5.69 Å². The van der Waals surface area contributed by atoms with Gasteiger partial charge in [-0.1, -0.05) is 48.5 Å². The van der Waals surface area contributed by atoms with Crippen LogP contribution in [0, 0.1) is 6.92 Å². The van der Waals surface area contributed by atoms with Gasteiger partial charge in [-0.2, -0.15) is 0 Å². The number of aryl methyl sites for hydroxylation is 1. The fourth-order valence-corrected chi connectivity index (χ4v) is 5.78. The van der Waals surface area contributed by atoms with E-state index in [1.54, 1.807) is 43.3 Å². The maximum atomic E-state index is 13.2. The van der Waals surface area contributed by atoms with Crippen LogP contribution in [0.25, 0.3) is 0 Å². The quantitative estimate of drug-likeness (QED) is 0.462. The van der Waals surface area contributed by atoms with Gasteiger partial charge in [-0.25, -0.2) is 8.42 Å². The lowest BCUT2D eigenvalue weighted by Gasteiger charge is -2.28. The summed E-state index contributed by atoms with van der Waals surface area (Å²) in [5.41, 5.74) is 2.33. The highest BCUT2D eigenvalue weighted by molar-refractivity contribution is 7.92. The van der Waals surface area contributed by atoms with Gasteiger partial charge < -0.3 is 10.1 Å². The van der Waals surface area contributed by atoms with Crippen molar-refractivity contribution in [2.75, 3.05) is 31.5 Å². The van der Waals surface area contributed by atoms with E-state index in [1.165, 1.54) is 13.2 Å². The predicted molar refractivity (Wildman–Crippen MR) is 137 cm³/mol. The summed E-state index contributed by atoms with van der Waals surface area (Å²) < 4.78 is 34.2. The molecule has 1 amide bonds. The number of benzene rings is 3. The minimum atomic E-state index is -3.94. The monoisotopic (exact) mass is 493 g/mol. The molecule has 1 saturated heterocycles. The Labute approximate surface area is 207 Å². The molecular formula is C27H31N3O4S. The molecule has 0 radical (unpaired) electrons. The van der Waals surface area contributed by atoms with Crippen LogP contribution in [0.15, 0.2) is 77.7 Å². The van der Waals surface area contributed by atoms with Gasteiger partial charge in [0.05, 0.1) is 23.7 Å². The second-order valence-electron chi connectivity index (χ2n) is 8.67. The van der Waals surface area contributed by atoms with Gasteiger partial charge >= 0.3 is 0 Å². The Bertz CT molecular complexity index is 1270. The van der Waals surface area contributed by atoms with Gasteiger partial charge in [0.15, 0.2) is 0 Å². The van der Waals surface area contributed by atoms with Crippen LogP contribution in [0.5, 0.6) is 5.75 Å². The standard InChI is InChI=1S/C27H31N3O4S/c1-20-14-15-22(18-26(20)35(32,33)29-23-12-6-7-13-25(23)34-2)27(31)28-19-24(30-16-8-9-17-30)21-10-4-3-5-11-21/h3-7,10-15,18,24,29H,8-9,16-17,19H2,1-2H3,(H,28,31). The van der Waals surface area contributed by atoms with Gasteiger partial charge in [-0.15, -0.1) is 0 Å². The molecule has 1 unspecified atom stereocenters. The zero-order chi connectivity index (χ0) is 24.8. The Morgan fingerprint density at radius 3 is 2.40 bits per heavy atom. The summed E-state index contributed by atoms with van der Waals surface area (Å²) in [5.74, 6) is 0.107. The molecule has 35 heavy (non-hydrogen) atoms. The van der Waals surface area contributed by atoms with Gasteiger partial charge in [0, 0.05) is 12.1 Å². The summed E-state index contributed by atoms with van der Waals surface area (Å²) in [6.07, 6.45) is 2.30. The van der Waals surface area contributed by atoms with E-state index >= 15 is 0 Å². The number of para-hydroxylation sites is 2. The third-order valence-corrected chi connectivity index (χ3v) is 7.82. The van der Waals surface area contributed by atoms with Crippen molar-refractivity contribution in [1.29, 1.82) is 0 Å². The average molecular weight is 494 g/mol. The number of methoxy groups -OCH3 is 1. The Morgan fingerprint density at radius 2 is 1.69 bits per heavy atom. The van der Waals surface area contributed by atoms with Crippen molar-refractivity contribution in [2.24, 2.45) is 0 Å². The molecule has 3 aromatic rings. The van der Waals surface area contributed by atoms with Gasteiger partial charge in [0.1, 0.15) is 5.75 Å². The first-order chi connectivity index (χ1) is 16.9. The molecular weight excluding hydrogens is 462 g/mol. The number of carbonyl (C=O) groups is 1. The highest BCUT2D eigenvalue weighted by Gasteiger charge is 2.25. The molecule has 1 atom stereocenters. The van der Waals surface area contributed by atoms with E-state index in [1.807, 2.05) is 18.2 Å². The Kier molecular flexibility index (Phi) is 7.73. The number of hydrogen-bond donors (Lipinski definition) is 2. The van der Waals surface area contributed by atoms with Gasteiger partial charge in [-0.05, 0) is 68.2 Å². The van der Waals surface area contributed by atoms with Crippen LogP contribution < -0.4 is 14.8 Å². The van der Waals surface area contributed by atoms with Crippen molar-refractivity contribution >= 4 is 21.6 Å². The fraction of sp³-hybridized carbons (Fsp3) is 0.296. The molecule has 7 nitrogen and oxygen atoms in total. The number of nitrogens with zero attached hydrogens (tertiary/aromatic N) is 1. The summed E-state index contributed by atoms with van der Waals surface area (Å²) in [6, 6.07) is 21.7. The highest BCUT2D eigenvalue weighted by atomic mass is 32.2. The van der Waals surface area contributed by atoms with E-state index in [-0.39, 0.29) is 16.8 Å². The van der Waals surface area contributed by atoms with Gasteiger partial charge in [0.2, 0.25) is 0 Å². The lowest BCUT2D eigenvalue weighted by Crippen LogP contribution is -2.36. The number of ether oxygens (including phenoxy) is 1. The molecule has 1 heterocycles. The fourth-order valence-electron chi connectivity index (χ4n) is 4.44. The highest BCUT2D eigenvalue weighted by Crippen LogP contribution is 2.28. The first kappa shape index (κ1) is 24.8. The molecule has 1 fully saturated rings. The van der Waals surface area contributed by atoms with Gasteiger partial charge in [-0.3, -0.25) is 14.4 Å². The Morgan fingerprint density at radius 1 is 1.00 bits per heavy atom. The topological polar surface area (TPSA) is 87.7 Å². The summed E-state index contributed by atoms with van der Waals surface area (Å²) >= 11 is 0. The minimum Gasteiger partial charge on any atom is -0.495 e. The van der Waals surface area contributed by atoms with Crippen LogP contribution in [0.1, 0.15) is 40.4 Å². The predicted octanol–water partition coefficient (Wildman–Crippen LogP) is 4.37.